The molecular weight excluding hydrogens is 1130 g/mol. The van der Waals surface area contributed by atoms with Crippen molar-refractivity contribution in [1.82, 2.24) is 8.15 Å². The summed E-state index contributed by atoms with van der Waals surface area (Å²) in [6.45, 7) is 5.75. The molecule has 0 spiro atoms. The van der Waals surface area contributed by atoms with Gasteiger partial charge in [-0.25, -0.2) is 16.8 Å². The van der Waals surface area contributed by atoms with Crippen LogP contribution in [0.3, 0.4) is 0 Å². The van der Waals surface area contributed by atoms with Gasteiger partial charge in [-0.1, -0.05) is 255 Å². The standard InChI is InChI=1S/C59H58N2O8P2S2.C12H10/c1-45-34-38-51(39-35-45)72(62,63)60(70(67-56-31-17-14-28-53(56)47-21-8-5-9-22-47)68-57-32-18-15-29-54(57)48-23-10-6-11-24-48)44-59(3)42-20-27-50(43-59)61(73(64,65)52-40-36-46(2)37-41-52)71(66-4)69-58-33-19-16-30-55(58)49-25-12-7-13-26-49;1-3-7-11(8-4-1)12-9-5-2-6-10-12/h5-19,21-26,28-41,50H,20,27,42-44H2,1-4H3;1-10H. The smallest absolute Gasteiger partial charge is 0.399 e. The van der Waals surface area contributed by atoms with E-state index in [1.165, 1.54) is 26.4 Å². The largest absolute Gasteiger partial charge is 0.434 e. The second-order valence-corrected chi connectivity index (χ2v) is 28.2. The molecule has 1 aliphatic carbocycles. The summed E-state index contributed by atoms with van der Waals surface area (Å²) in [5, 5.41) is 0. The predicted octanol–water partition coefficient (Wildman–Crippen LogP) is 18.6. The number of benzene rings is 10. The van der Waals surface area contributed by atoms with Gasteiger partial charge in [0.1, 0.15) is 17.2 Å². The van der Waals surface area contributed by atoms with E-state index in [1.807, 2.05) is 197 Å². The van der Waals surface area contributed by atoms with Crippen molar-refractivity contribution in [3.05, 3.63) is 284 Å². The fourth-order valence-electron chi connectivity index (χ4n) is 10.5. The third kappa shape index (κ3) is 14.8. The number of rotatable bonds is 20. The Morgan fingerprint density at radius 3 is 1.13 bits per heavy atom. The van der Waals surface area contributed by atoms with E-state index in [0.717, 1.165) is 44.5 Å². The van der Waals surface area contributed by atoms with Gasteiger partial charge in [0.15, 0.2) is 0 Å². The first-order valence-electron chi connectivity index (χ1n) is 28.2. The highest BCUT2D eigenvalue weighted by Crippen LogP contribution is 2.56. The monoisotopic (exact) mass is 1200 g/mol. The number of hydrogen-bond donors (Lipinski definition) is 0. The van der Waals surface area contributed by atoms with Gasteiger partial charge in [0.25, 0.3) is 20.0 Å². The Morgan fingerprint density at radius 2 is 0.753 bits per heavy atom. The number of sulfonamides is 2. The summed E-state index contributed by atoms with van der Waals surface area (Å²) in [6.07, 6.45) is 1.84. The molecule has 0 radical (unpaired) electrons. The second kappa shape index (κ2) is 28.0. The lowest BCUT2D eigenvalue weighted by Gasteiger charge is -2.45. The third-order valence-electron chi connectivity index (χ3n) is 14.9. The van der Waals surface area contributed by atoms with E-state index in [2.05, 4.69) is 48.5 Å². The first kappa shape index (κ1) is 60.4. The molecule has 10 nitrogen and oxygen atoms in total. The van der Waals surface area contributed by atoms with Crippen molar-refractivity contribution in [1.29, 1.82) is 0 Å². The van der Waals surface area contributed by atoms with E-state index >= 15 is 16.8 Å². The highest BCUT2D eigenvalue weighted by molar-refractivity contribution is 7.94. The molecule has 10 aromatic carbocycles. The molecule has 0 aliphatic heterocycles. The molecule has 10 aromatic rings. The lowest BCUT2D eigenvalue weighted by atomic mass is 9.74. The number of nitrogens with zero attached hydrogens (tertiary/aromatic N) is 2. The van der Waals surface area contributed by atoms with Crippen molar-refractivity contribution in [2.75, 3.05) is 13.7 Å². The Labute approximate surface area is 504 Å². The SMILES string of the molecule is COP(Oc1ccccc1-c1ccccc1)N(C1CCCC(C)(CN(P(Oc2ccccc2-c2ccccc2)Oc2ccccc2-c2ccccc2)S(=O)(=O)c2ccc(C)cc2)C1)S(=O)(=O)c1ccc(C)cc1.c1ccc(-c2ccccc2)cc1. The summed E-state index contributed by atoms with van der Waals surface area (Å²) < 4.78 is 92.1. The quantitative estimate of drug-likeness (QED) is 0.0694. The van der Waals surface area contributed by atoms with Crippen LogP contribution in [-0.4, -0.2) is 44.7 Å². The number of para-hydroxylation sites is 3. The average molecular weight is 1200 g/mol. The summed E-state index contributed by atoms with van der Waals surface area (Å²) in [6, 6.07) is 85.6. The van der Waals surface area contributed by atoms with Gasteiger partial charge in [0.2, 0.25) is 0 Å². The van der Waals surface area contributed by atoms with E-state index in [9.17, 15) is 0 Å². The van der Waals surface area contributed by atoms with Crippen LogP contribution in [0.2, 0.25) is 0 Å². The van der Waals surface area contributed by atoms with Gasteiger partial charge in [-0.15, -0.1) is 8.15 Å². The summed E-state index contributed by atoms with van der Waals surface area (Å²) in [7, 11) is -12.2. The second-order valence-electron chi connectivity index (χ2n) is 21.2. The molecule has 1 saturated carbocycles. The van der Waals surface area contributed by atoms with Crippen LogP contribution >= 0.6 is 17.1 Å². The molecule has 1 fully saturated rings. The van der Waals surface area contributed by atoms with E-state index in [-0.39, 0.29) is 22.8 Å². The lowest BCUT2D eigenvalue weighted by Crippen LogP contribution is -2.47. The van der Waals surface area contributed by atoms with E-state index in [0.29, 0.717) is 36.5 Å². The maximum Gasteiger partial charge on any atom is 0.399 e. The minimum absolute atomic E-state index is 0.0680. The predicted molar refractivity (Wildman–Crippen MR) is 346 cm³/mol. The molecule has 0 N–H and O–H groups in total. The van der Waals surface area contributed by atoms with Crippen LogP contribution < -0.4 is 13.6 Å². The fraction of sp³-hybridized carbons (Fsp3) is 0.155. The molecule has 1 aliphatic rings. The molecule has 14 heteroatoms. The molecule has 0 amide bonds. The van der Waals surface area contributed by atoms with E-state index < -0.39 is 48.6 Å². The van der Waals surface area contributed by atoms with Crippen LogP contribution in [0, 0.1) is 19.3 Å². The zero-order chi connectivity index (χ0) is 59.2. The average Bonchev–Trinajstić information content (AvgIpc) is 2.27. The Hall–Kier alpha value is -7.76. The maximum atomic E-state index is 15.7. The van der Waals surface area contributed by atoms with Crippen molar-refractivity contribution in [3.63, 3.8) is 0 Å². The van der Waals surface area contributed by atoms with Crippen molar-refractivity contribution >= 4 is 37.1 Å². The van der Waals surface area contributed by atoms with E-state index in [1.54, 1.807) is 48.5 Å². The highest BCUT2D eigenvalue weighted by atomic mass is 32.2. The molecule has 0 aromatic heterocycles. The molecule has 0 heterocycles. The van der Waals surface area contributed by atoms with Gasteiger partial charge in [-0.05, 0) is 109 Å². The van der Waals surface area contributed by atoms with Crippen LogP contribution in [0.4, 0.5) is 0 Å². The first-order chi connectivity index (χ1) is 41.3. The third-order valence-corrected chi connectivity index (χ3v) is 22.7. The molecule has 3 atom stereocenters. The van der Waals surface area contributed by atoms with Gasteiger partial charge < -0.3 is 18.1 Å². The molecule has 0 bridgehead atoms. The van der Waals surface area contributed by atoms with Crippen molar-refractivity contribution < 1.29 is 34.9 Å². The van der Waals surface area contributed by atoms with Crippen LogP contribution in [0.25, 0.3) is 44.5 Å². The summed E-state index contributed by atoms with van der Waals surface area (Å²) in [5.41, 5.74) is 8.45. The summed E-state index contributed by atoms with van der Waals surface area (Å²) in [5.74, 6) is 1.33. The number of aryl methyl sites for hydroxylation is 2. The maximum absolute atomic E-state index is 15.7. The normalized spacial score (nSPS) is 15.6. The van der Waals surface area contributed by atoms with Crippen molar-refractivity contribution in [2.24, 2.45) is 5.41 Å². The van der Waals surface area contributed by atoms with Crippen LogP contribution in [0.5, 0.6) is 17.2 Å². The van der Waals surface area contributed by atoms with Crippen LogP contribution in [0.1, 0.15) is 43.7 Å². The Bertz CT molecular complexity index is 3860. The van der Waals surface area contributed by atoms with Crippen LogP contribution in [0.15, 0.2) is 283 Å². The van der Waals surface area contributed by atoms with Crippen molar-refractivity contribution in [3.8, 4) is 61.8 Å². The summed E-state index contributed by atoms with van der Waals surface area (Å²) >= 11 is 0. The molecule has 432 valence electrons. The molecular formula is C71H68N2O8P2S2. The Balaban J connectivity index is 0.000000592. The van der Waals surface area contributed by atoms with Gasteiger partial charge in [-0.3, -0.25) is 0 Å². The first-order valence-corrected chi connectivity index (χ1v) is 33.4. The summed E-state index contributed by atoms with van der Waals surface area (Å²) in [4.78, 5) is 0.163. The van der Waals surface area contributed by atoms with Crippen LogP contribution in [-0.2, 0) is 24.6 Å². The van der Waals surface area contributed by atoms with Gasteiger partial charge in [-0.2, -0.15) is 0 Å². The van der Waals surface area contributed by atoms with Gasteiger partial charge in [0, 0.05) is 36.4 Å². The fourth-order valence-corrected chi connectivity index (χ4v) is 17.9. The molecule has 0 saturated heterocycles. The highest BCUT2D eigenvalue weighted by Gasteiger charge is 2.49. The van der Waals surface area contributed by atoms with Gasteiger partial charge >= 0.3 is 17.1 Å². The molecule has 85 heavy (non-hydrogen) atoms. The zero-order valence-corrected chi connectivity index (χ0v) is 51.4. The number of hydrogen-bond acceptors (Lipinski definition) is 8. The lowest BCUT2D eigenvalue weighted by molar-refractivity contribution is 0.140. The molecule has 11 rings (SSSR count). The topological polar surface area (TPSA) is 112 Å². The Morgan fingerprint density at radius 1 is 0.424 bits per heavy atom. The van der Waals surface area contributed by atoms with E-state index in [4.69, 9.17) is 18.1 Å². The Kier molecular flexibility index (Phi) is 19.9. The minimum Gasteiger partial charge on any atom is -0.434 e. The van der Waals surface area contributed by atoms with Gasteiger partial charge in [0.05, 0.1) is 9.79 Å². The van der Waals surface area contributed by atoms with Crippen molar-refractivity contribution in [2.45, 2.75) is 62.3 Å². The molecule has 3 unspecified atom stereocenters. The minimum atomic E-state index is -4.42. The zero-order valence-electron chi connectivity index (χ0n) is 48.0.